The minimum atomic E-state index is -2.11. The van der Waals surface area contributed by atoms with Crippen molar-refractivity contribution in [3.8, 4) is 0 Å². The van der Waals surface area contributed by atoms with Crippen molar-refractivity contribution >= 4 is 65.6 Å². The average molecular weight is 1060 g/mol. The topological polar surface area (TPSA) is 387 Å². The summed E-state index contributed by atoms with van der Waals surface area (Å²) < 4.78 is 86.6. The maximum Gasteiger partial charge on any atom is 0.303 e. The van der Waals surface area contributed by atoms with Gasteiger partial charge in [0.05, 0.1) is 0 Å². The van der Waals surface area contributed by atoms with Gasteiger partial charge >= 0.3 is 59.7 Å². The summed E-state index contributed by atoms with van der Waals surface area (Å²) in [4.78, 5) is 142. The van der Waals surface area contributed by atoms with Gasteiger partial charge in [0.1, 0.15) is 50.3 Å². The summed E-state index contributed by atoms with van der Waals surface area (Å²) >= 11 is 0. The molecule has 3 saturated heterocycles. The highest BCUT2D eigenvalue weighted by Crippen LogP contribution is 2.38. The Balaban J connectivity index is 2.32. The van der Waals surface area contributed by atoms with Crippen LogP contribution in [-0.2, 0) is 124 Å². The van der Waals surface area contributed by atoms with Gasteiger partial charge in [-0.1, -0.05) is 11.5 Å². The van der Waals surface area contributed by atoms with Crippen LogP contribution >= 0.6 is 0 Å². The van der Waals surface area contributed by atoms with E-state index in [1.807, 2.05) is 0 Å². The smallest absolute Gasteiger partial charge is 0.303 e. The Morgan fingerprint density at radius 1 is 0.419 bits per heavy atom. The van der Waals surface area contributed by atoms with Crippen LogP contribution in [0.4, 0.5) is 0 Å². The minimum absolute atomic E-state index is 0.121. The van der Waals surface area contributed by atoms with Gasteiger partial charge in [0.25, 0.3) is 0 Å². The van der Waals surface area contributed by atoms with Gasteiger partial charge in [-0.3, -0.25) is 52.7 Å². The third-order valence-electron chi connectivity index (χ3n) is 10.4. The van der Waals surface area contributed by atoms with E-state index in [4.69, 9.17) is 76.6 Å². The molecule has 0 saturated carbocycles. The van der Waals surface area contributed by atoms with Crippen LogP contribution in [0.25, 0.3) is 10.4 Å². The molecule has 30 heteroatoms. The molecule has 0 aromatic heterocycles. The number of nitrogens with one attached hydrogen (secondary N) is 1. The van der Waals surface area contributed by atoms with Crippen molar-refractivity contribution in [2.75, 3.05) is 26.4 Å². The molecule has 3 heterocycles. The number of carbonyl (C=O) groups is 11. The minimum Gasteiger partial charge on any atom is -0.463 e. The third kappa shape index (κ3) is 19.9. The molecule has 15 atom stereocenters. The van der Waals surface area contributed by atoms with Crippen LogP contribution in [-0.4, -0.2) is 184 Å². The lowest BCUT2D eigenvalue weighted by Gasteiger charge is -2.50. The standard InChI is InChI=1S/C44H62N4O26/c1-19(49)60-16-29-35(36(65-24(6)54)39(67-26(8)56)42(70-29)47-32(59)14-12-11-13-15-46-48-45)73-43-41(69-28(10)58)38(34(64-23(5)53)31(71-43)18-62-21(3)51)74-44-40(68-27(9)57)37(66-25(7)55)33(63-22(4)52)30(72-44)17-61-20(2)50/h29-31,33-44H,11-18H2,1-10H3,(H,47,59)/t29-,30-,31-,33+,34+,35-,36+,37+,38+,39-,40-,41-,42-,43+,44+/m1/s1. The lowest BCUT2D eigenvalue weighted by atomic mass is 9.94. The highest BCUT2D eigenvalue weighted by molar-refractivity contribution is 5.76. The van der Waals surface area contributed by atoms with Crippen molar-refractivity contribution in [1.29, 1.82) is 0 Å². The molecule has 0 spiro atoms. The Kier molecular flexibility index (Phi) is 24.8. The van der Waals surface area contributed by atoms with Crippen LogP contribution < -0.4 is 5.32 Å². The Hall–Kier alpha value is -6.72. The van der Waals surface area contributed by atoms with Gasteiger partial charge in [0.15, 0.2) is 61.5 Å². The molecule has 3 rings (SSSR count). The predicted octanol–water partition coefficient (Wildman–Crippen LogP) is 0.130. The summed E-state index contributed by atoms with van der Waals surface area (Å²) in [6.07, 6.45) is -26.4. The van der Waals surface area contributed by atoms with E-state index in [0.29, 0.717) is 19.3 Å². The number of hydrogen-bond acceptors (Lipinski definition) is 27. The Bertz CT molecular complexity index is 2080. The first-order valence-electron chi connectivity index (χ1n) is 23.0. The van der Waals surface area contributed by atoms with Crippen LogP contribution in [0.15, 0.2) is 5.11 Å². The molecule has 3 fully saturated rings. The molecule has 0 aliphatic carbocycles. The summed E-state index contributed by atoms with van der Waals surface area (Å²) in [7, 11) is 0. The number of hydrogen-bond donors (Lipinski definition) is 1. The third-order valence-corrected chi connectivity index (χ3v) is 10.4. The van der Waals surface area contributed by atoms with Crippen LogP contribution in [0.5, 0.6) is 0 Å². The molecule has 3 aliphatic rings. The van der Waals surface area contributed by atoms with E-state index in [2.05, 4.69) is 15.3 Å². The lowest BCUT2D eigenvalue weighted by molar-refractivity contribution is -0.375. The Morgan fingerprint density at radius 3 is 1.19 bits per heavy atom. The van der Waals surface area contributed by atoms with Gasteiger partial charge in [0, 0.05) is 87.1 Å². The fraction of sp³-hybridized carbons (Fsp3) is 0.750. The van der Waals surface area contributed by atoms with E-state index < -0.39 is 177 Å². The molecule has 74 heavy (non-hydrogen) atoms. The molecule has 3 aliphatic heterocycles. The van der Waals surface area contributed by atoms with Crippen LogP contribution in [0, 0.1) is 0 Å². The van der Waals surface area contributed by atoms with E-state index in [0.717, 1.165) is 69.2 Å². The Labute approximate surface area is 423 Å². The van der Waals surface area contributed by atoms with E-state index >= 15 is 0 Å². The highest BCUT2D eigenvalue weighted by Gasteiger charge is 2.60. The number of azide groups is 1. The normalized spacial score (nSPS) is 29.2. The summed E-state index contributed by atoms with van der Waals surface area (Å²) in [5.41, 5.74) is 8.55. The molecule has 30 nitrogen and oxygen atoms in total. The molecule has 1 amide bonds. The predicted molar refractivity (Wildman–Crippen MR) is 235 cm³/mol. The van der Waals surface area contributed by atoms with Crippen molar-refractivity contribution in [2.24, 2.45) is 5.11 Å². The number of esters is 10. The zero-order chi connectivity index (χ0) is 55.4. The van der Waals surface area contributed by atoms with Gasteiger partial charge in [-0.15, -0.1) is 0 Å². The van der Waals surface area contributed by atoms with Gasteiger partial charge in [-0.05, 0) is 18.4 Å². The largest absolute Gasteiger partial charge is 0.463 e. The van der Waals surface area contributed by atoms with Gasteiger partial charge in [0.2, 0.25) is 5.91 Å². The molecule has 414 valence electrons. The summed E-state index contributed by atoms with van der Waals surface area (Å²) in [6, 6.07) is 0. The van der Waals surface area contributed by atoms with E-state index in [1.54, 1.807) is 0 Å². The van der Waals surface area contributed by atoms with Crippen molar-refractivity contribution in [2.45, 2.75) is 187 Å². The van der Waals surface area contributed by atoms with Crippen LogP contribution in [0.2, 0.25) is 0 Å². The van der Waals surface area contributed by atoms with E-state index in [1.165, 1.54) is 0 Å². The number of ether oxygens (including phenoxy) is 15. The molecule has 0 bridgehead atoms. The number of rotatable bonds is 24. The van der Waals surface area contributed by atoms with Gasteiger partial charge in [-0.25, -0.2) is 0 Å². The first-order valence-corrected chi connectivity index (χ1v) is 23.0. The van der Waals surface area contributed by atoms with Crippen LogP contribution in [0.1, 0.15) is 94.9 Å². The maximum absolute atomic E-state index is 13.3. The summed E-state index contributed by atoms with van der Waals surface area (Å²) in [5, 5.41) is 6.02. The quantitative estimate of drug-likeness (QED) is 0.0335. The summed E-state index contributed by atoms with van der Waals surface area (Å²) in [6.45, 7) is 7.75. The van der Waals surface area contributed by atoms with Gasteiger partial charge < -0.3 is 76.4 Å². The SMILES string of the molecule is CC(=O)OC[C@H]1O[C@@H](O[C@H]2[C@@H](OC(C)=O)[C@@H](COC(C)=O)O[C@@H](O[C@H]3[C@H](OC(C)=O)[C@@H](OC(C)=O)[C@H](NC(=O)CCCCCN=[N+]=[N-])O[C@@H]3COC(C)=O)[C@@H]2OC(C)=O)[C@H](OC(C)=O)[C@@H](OC(C)=O)[C@H]1OC(C)=O. The number of unbranched alkanes of at least 4 members (excludes halogenated alkanes) is 2. The molecule has 1 N–H and O–H groups in total. The average Bonchev–Trinajstić information content (AvgIpc) is 3.27. The molecule has 0 aromatic rings. The second-order valence-electron chi connectivity index (χ2n) is 16.6. The molecule has 0 unspecified atom stereocenters. The Morgan fingerprint density at radius 2 is 0.770 bits per heavy atom. The van der Waals surface area contributed by atoms with E-state index in [-0.39, 0.29) is 13.0 Å². The first-order chi connectivity index (χ1) is 34.8. The molecule has 0 radical (unpaired) electrons. The van der Waals surface area contributed by atoms with E-state index in [9.17, 15) is 52.7 Å². The van der Waals surface area contributed by atoms with Crippen molar-refractivity contribution in [3.63, 3.8) is 0 Å². The highest BCUT2D eigenvalue weighted by atomic mass is 16.8. The number of amides is 1. The van der Waals surface area contributed by atoms with Gasteiger partial charge in [-0.2, -0.15) is 0 Å². The summed E-state index contributed by atoms with van der Waals surface area (Å²) in [5.74, 6) is -10.4. The fourth-order valence-corrected chi connectivity index (χ4v) is 7.83. The van der Waals surface area contributed by atoms with Crippen molar-refractivity contribution < 1.29 is 124 Å². The number of carbonyl (C=O) groups excluding carboxylic acids is 11. The second kappa shape index (κ2) is 29.8. The monoisotopic (exact) mass is 1060 g/mol. The van der Waals surface area contributed by atoms with Crippen molar-refractivity contribution in [3.05, 3.63) is 10.4 Å². The lowest BCUT2D eigenvalue weighted by Crippen LogP contribution is -2.70. The first kappa shape index (κ1) is 61.6. The maximum atomic E-state index is 13.3. The molecular weight excluding hydrogens is 1000 g/mol. The fourth-order valence-electron chi connectivity index (χ4n) is 7.83. The van der Waals surface area contributed by atoms with Crippen molar-refractivity contribution in [1.82, 2.24) is 5.32 Å². The molecular formula is C44H62N4O26. The zero-order valence-corrected chi connectivity index (χ0v) is 42.3. The zero-order valence-electron chi connectivity index (χ0n) is 42.3. The van der Waals surface area contributed by atoms with Crippen LogP contribution in [0.3, 0.4) is 0 Å². The second-order valence-corrected chi connectivity index (χ2v) is 16.6. The number of nitrogens with zero attached hydrogens (tertiary/aromatic N) is 3. The molecule has 0 aromatic carbocycles.